The van der Waals surface area contributed by atoms with E-state index in [-0.39, 0.29) is 5.91 Å². The lowest BCUT2D eigenvalue weighted by Crippen LogP contribution is -2.41. The maximum Gasteiger partial charge on any atom is 0.223 e. The van der Waals surface area contributed by atoms with Crippen LogP contribution in [0.4, 0.5) is 0 Å². The zero-order valence-electron chi connectivity index (χ0n) is 12.4. The maximum atomic E-state index is 12.3. The van der Waals surface area contributed by atoms with Crippen LogP contribution in [0.15, 0.2) is 24.3 Å². The minimum absolute atomic E-state index is 0.261. The van der Waals surface area contributed by atoms with Crippen molar-refractivity contribution >= 4 is 5.91 Å². The van der Waals surface area contributed by atoms with Crippen molar-refractivity contribution in [1.29, 1.82) is 0 Å². The number of aryl methyl sites for hydroxylation is 1. The van der Waals surface area contributed by atoms with Gasteiger partial charge in [-0.05, 0) is 44.0 Å². The summed E-state index contributed by atoms with van der Waals surface area (Å²) in [4.78, 5) is 14.3. The van der Waals surface area contributed by atoms with Crippen LogP contribution in [-0.2, 0) is 11.2 Å². The van der Waals surface area contributed by atoms with E-state index in [1.54, 1.807) is 7.11 Å². The second kappa shape index (κ2) is 7.29. The lowest BCUT2D eigenvalue weighted by atomic mass is 10.1. The van der Waals surface area contributed by atoms with Gasteiger partial charge in [0.2, 0.25) is 5.91 Å². The highest BCUT2D eigenvalue weighted by Gasteiger charge is 2.24. The van der Waals surface area contributed by atoms with Gasteiger partial charge in [-0.3, -0.25) is 4.79 Å². The molecule has 110 valence electrons. The van der Waals surface area contributed by atoms with Crippen LogP contribution in [0.3, 0.4) is 0 Å². The van der Waals surface area contributed by atoms with E-state index in [1.165, 1.54) is 5.56 Å². The van der Waals surface area contributed by atoms with Crippen LogP contribution in [0, 0.1) is 0 Å². The highest BCUT2D eigenvalue weighted by molar-refractivity contribution is 5.76. The lowest BCUT2D eigenvalue weighted by molar-refractivity contribution is -0.132. The van der Waals surface area contributed by atoms with Crippen molar-refractivity contribution in [2.45, 2.75) is 32.2 Å². The number of hydrogen-bond donors (Lipinski definition) is 1. The molecule has 0 aliphatic carbocycles. The van der Waals surface area contributed by atoms with Gasteiger partial charge in [0, 0.05) is 25.6 Å². The van der Waals surface area contributed by atoms with Crippen LogP contribution in [0.2, 0.25) is 0 Å². The van der Waals surface area contributed by atoms with E-state index in [4.69, 9.17) is 4.74 Å². The summed E-state index contributed by atoms with van der Waals surface area (Å²) in [5.41, 5.74) is 1.18. The monoisotopic (exact) mass is 276 g/mol. The fourth-order valence-corrected chi connectivity index (χ4v) is 2.73. The van der Waals surface area contributed by atoms with Crippen molar-refractivity contribution in [1.82, 2.24) is 10.2 Å². The standard InChI is InChI=1S/C16H24N2O2/c1-3-18(14-10-11-17-12-14)16(19)9-6-13-4-7-15(20-2)8-5-13/h4-5,7-8,14,17H,3,6,9-12H2,1-2H3. The lowest BCUT2D eigenvalue weighted by Gasteiger charge is -2.27. The van der Waals surface area contributed by atoms with E-state index < -0.39 is 0 Å². The van der Waals surface area contributed by atoms with Gasteiger partial charge in [0.1, 0.15) is 5.75 Å². The average Bonchev–Trinajstić information content (AvgIpc) is 3.00. The number of nitrogens with zero attached hydrogens (tertiary/aromatic N) is 1. The van der Waals surface area contributed by atoms with Gasteiger partial charge in [-0.15, -0.1) is 0 Å². The first kappa shape index (κ1) is 14.9. The third kappa shape index (κ3) is 3.73. The molecule has 1 aromatic rings. The molecule has 1 atom stereocenters. The molecule has 1 unspecified atom stereocenters. The van der Waals surface area contributed by atoms with Crippen molar-refractivity contribution < 1.29 is 9.53 Å². The molecular formula is C16H24N2O2. The van der Waals surface area contributed by atoms with Gasteiger partial charge >= 0.3 is 0 Å². The smallest absolute Gasteiger partial charge is 0.223 e. The first-order valence-corrected chi connectivity index (χ1v) is 7.37. The molecule has 0 radical (unpaired) electrons. The minimum atomic E-state index is 0.261. The topological polar surface area (TPSA) is 41.6 Å². The molecule has 0 aromatic heterocycles. The number of rotatable bonds is 6. The minimum Gasteiger partial charge on any atom is -0.497 e. The molecule has 0 saturated carbocycles. The van der Waals surface area contributed by atoms with Crippen molar-refractivity contribution in [3.05, 3.63) is 29.8 Å². The van der Waals surface area contributed by atoms with Crippen LogP contribution in [-0.4, -0.2) is 43.6 Å². The summed E-state index contributed by atoms with van der Waals surface area (Å²) in [6.07, 6.45) is 2.44. The number of carbonyl (C=O) groups excluding carboxylic acids is 1. The first-order chi connectivity index (χ1) is 9.74. The summed E-state index contributed by atoms with van der Waals surface area (Å²) in [6.45, 7) is 4.81. The Morgan fingerprint density at radius 2 is 2.15 bits per heavy atom. The Kier molecular flexibility index (Phi) is 5.41. The highest BCUT2D eigenvalue weighted by atomic mass is 16.5. The molecule has 1 N–H and O–H groups in total. The number of carbonyl (C=O) groups is 1. The summed E-state index contributed by atoms with van der Waals surface area (Å²) in [6, 6.07) is 8.32. The summed E-state index contributed by atoms with van der Waals surface area (Å²) in [5, 5.41) is 3.32. The zero-order valence-corrected chi connectivity index (χ0v) is 12.4. The second-order valence-electron chi connectivity index (χ2n) is 5.17. The predicted octanol–water partition coefficient (Wildman–Crippen LogP) is 1.84. The Morgan fingerprint density at radius 3 is 2.70 bits per heavy atom. The molecule has 1 aromatic carbocycles. The zero-order chi connectivity index (χ0) is 14.4. The molecule has 1 heterocycles. The van der Waals surface area contributed by atoms with Crippen LogP contribution >= 0.6 is 0 Å². The Hall–Kier alpha value is -1.55. The first-order valence-electron chi connectivity index (χ1n) is 7.37. The van der Waals surface area contributed by atoms with E-state index in [0.717, 1.165) is 38.2 Å². The van der Waals surface area contributed by atoms with Crippen molar-refractivity contribution in [3.8, 4) is 5.75 Å². The molecule has 1 saturated heterocycles. The summed E-state index contributed by atoms with van der Waals surface area (Å²) in [5.74, 6) is 1.12. The molecule has 1 amide bonds. The van der Waals surface area contributed by atoms with Gasteiger partial charge in [0.25, 0.3) is 0 Å². The van der Waals surface area contributed by atoms with Gasteiger partial charge < -0.3 is 15.0 Å². The van der Waals surface area contributed by atoms with Crippen LogP contribution < -0.4 is 10.1 Å². The summed E-state index contributed by atoms with van der Waals surface area (Å²) >= 11 is 0. The fraction of sp³-hybridized carbons (Fsp3) is 0.562. The maximum absolute atomic E-state index is 12.3. The number of nitrogens with one attached hydrogen (secondary N) is 1. The Morgan fingerprint density at radius 1 is 1.40 bits per heavy atom. The Labute approximate surface area is 121 Å². The number of likely N-dealkylation sites (N-methyl/N-ethyl adjacent to an activating group) is 1. The van der Waals surface area contributed by atoms with Gasteiger partial charge in [-0.2, -0.15) is 0 Å². The third-order valence-electron chi connectivity index (χ3n) is 3.92. The molecule has 20 heavy (non-hydrogen) atoms. The quantitative estimate of drug-likeness (QED) is 0.862. The van der Waals surface area contributed by atoms with Gasteiger partial charge in [0.05, 0.1) is 7.11 Å². The molecule has 1 aliphatic heterocycles. The fourth-order valence-electron chi connectivity index (χ4n) is 2.73. The molecule has 4 heteroatoms. The van der Waals surface area contributed by atoms with Crippen LogP contribution in [0.1, 0.15) is 25.3 Å². The van der Waals surface area contributed by atoms with E-state index in [0.29, 0.717) is 12.5 Å². The van der Waals surface area contributed by atoms with E-state index >= 15 is 0 Å². The third-order valence-corrected chi connectivity index (χ3v) is 3.92. The highest BCUT2D eigenvalue weighted by Crippen LogP contribution is 2.15. The van der Waals surface area contributed by atoms with Crippen molar-refractivity contribution in [2.75, 3.05) is 26.7 Å². The van der Waals surface area contributed by atoms with Crippen molar-refractivity contribution in [3.63, 3.8) is 0 Å². The van der Waals surface area contributed by atoms with Crippen LogP contribution in [0.5, 0.6) is 5.75 Å². The largest absolute Gasteiger partial charge is 0.497 e. The van der Waals surface area contributed by atoms with E-state index in [9.17, 15) is 4.79 Å². The van der Waals surface area contributed by atoms with Gasteiger partial charge in [0.15, 0.2) is 0 Å². The average molecular weight is 276 g/mol. The molecule has 1 fully saturated rings. The molecule has 1 aliphatic rings. The van der Waals surface area contributed by atoms with Gasteiger partial charge in [-0.25, -0.2) is 0 Å². The van der Waals surface area contributed by atoms with E-state index in [1.807, 2.05) is 29.2 Å². The molecule has 4 nitrogen and oxygen atoms in total. The normalized spacial score (nSPS) is 18.0. The Balaban J connectivity index is 1.86. The second-order valence-corrected chi connectivity index (χ2v) is 5.17. The van der Waals surface area contributed by atoms with Crippen molar-refractivity contribution in [2.24, 2.45) is 0 Å². The number of ether oxygens (including phenoxy) is 1. The van der Waals surface area contributed by atoms with Gasteiger partial charge in [-0.1, -0.05) is 12.1 Å². The van der Waals surface area contributed by atoms with Crippen LogP contribution in [0.25, 0.3) is 0 Å². The molecular weight excluding hydrogens is 252 g/mol. The number of hydrogen-bond acceptors (Lipinski definition) is 3. The Bertz CT molecular complexity index is 425. The number of benzene rings is 1. The molecule has 2 rings (SSSR count). The number of methoxy groups -OCH3 is 1. The molecule has 0 bridgehead atoms. The molecule has 0 spiro atoms. The predicted molar refractivity (Wildman–Crippen MR) is 80.0 cm³/mol. The SMILES string of the molecule is CCN(C(=O)CCc1ccc(OC)cc1)C1CCNC1. The summed E-state index contributed by atoms with van der Waals surface area (Å²) in [7, 11) is 1.66. The number of amides is 1. The summed E-state index contributed by atoms with van der Waals surface area (Å²) < 4.78 is 5.14. The van der Waals surface area contributed by atoms with E-state index in [2.05, 4.69) is 12.2 Å².